The van der Waals surface area contributed by atoms with Gasteiger partial charge in [0.05, 0.1) is 19.1 Å². The molecule has 0 saturated carbocycles. The Kier molecular flexibility index (Phi) is 2.52. The molecule has 1 fully saturated rings. The van der Waals surface area contributed by atoms with E-state index in [-0.39, 0.29) is 0 Å². The Labute approximate surface area is 68.9 Å². The number of likely N-dealkylation sites (tertiary alicyclic amines) is 1. The average molecular weight is 158 g/mol. The van der Waals surface area contributed by atoms with Crippen LogP contribution in [0.4, 0.5) is 0 Å². The molecule has 11 heavy (non-hydrogen) atoms. The smallest absolute Gasteiger partial charge is 0.112 e. The Bertz CT molecular complexity index is 137. The first-order chi connectivity index (χ1) is 5.07. The summed E-state index contributed by atoms with van der Waals surface area (Å²) < 4.78 is 0.672. The molecule has 1 heterocycles. The fraction of sp³-hybridized carbons (Fsp3) is 1.00. The van der Waals surface area contributed by atoms with Crippen LogP contribution in [0.3, 0.4) is 0 Å². The van der Waals surface area contributed by atoms with Gasteiger partial charge in [0.1, 0.15) is 6.54 Å². The number of likely N-dealkylation sites (N-methyl/N-ethyl adjacent to an activating group) is 1. The van der Waals surface area contributed by atoms with E-state index in [2.05, 4.69) is 13.8 Å². The van der Waals surface area contributed by atoms with Crippen molar-refractivity contribution in [1.29, 1.82) is 0 Å². The van der Waals surface area contributed by atoms with Crippen molar-refractivity contribution in [1.82, 2.24) is 0 Å². The van der Waals surface area contributed by atoms with Gasteiger partial charge >= 0.3 is 0 Å². The topological polar surface area (TPSA) is 52.0 Å². The van der Waals surface area contributed by atoms with Crippen LogP contribution >= 0.6 is 0 Å². The van der Waals surface area contributed by atoms with Crippen molar-refractivity contribution >= 4 is 0 Å². The molecule has 3 atom stereocenters. The van der Waals surface area contributed by atoms with E-state index < -0.39 is 0 Å². The standard InChI is InChI=1S/C8H20N3/c1-3-11(10)5-4-7(2)8(9)6-11/h7-8H,3-6,9-10H2,1-2H3/q+1. The van der Waals surface area contributed by atoms with Crippen molar-refractivity contribution in [2.24, 2.45) is 17.5 Å². The van der Waals surface area contributed by atoms with Gasteiger partial charge in [-0.15, -0.1) is 0 Å². The van der Waals surface area contributed by atoms with Crippen LogP contribution in [0.15, 0.2) is 0 Å². The van der Waals surface area contributed by atoms with Crippen LogP contribution in [0.25, 0.3) is 0 Å². The lowest BCUT2D eigenvalue weighted by atomic mass is 9.94. The highest BCUT2D eigenvalue weighted by Gasteiger charge is 2.33. The molecule has 3 heteroatoms. The number of quaternary nitrogens is 1. The fourth-order valence-electron chi connectivity index (χ4n) is 1.65. The van der Waals surface area contributed by atoms with Gasteiger partial charge in [-0.25, -0.2) is 4.59 Å². The molecule has 1 rings (SSSR count). The van der Waals surface area contributed by atoms with Gasteiger partial charge in [0.25, 0.3) is 0 Å². The summed E-state index contributed by atoms with van der Waals surface area (Å²) in [6, 6.07) is 0.300. The maximum atomic E-state index is 6.07. The second-order valence-corrected chi connectivity index (χ2v) is 3.87. The van der Waals surface area contributed by atoms with Crippen molar-refractivity contribution in [3.63, 3.8) is 0 Å². The van der Waals surface area contributed by atoms with E-state index >= 15 is 0 Å². The zero-order valence-corrected chi connectivity index (χ0v) is 7.59. The Hall–Kier alpha value is -0.120. The average Bonchev–Trinajstić information content (AvgIpc) is 1.98. The van der Waals surface area contributed by atoms with E-state index in [0.29, 0.717) is 16.6 Å². The van der Waals surface area contributed by atoms with E-state index in [1.165, 1.54) is 6.42 Å². The quantitative estimate of drug-likeness (QED) is 0.419. The lowest BCUT2D eigenvalue weighted by molar-refractivity contribution is -0.944. The monoisotopic (exact) mass is 158 g/mol. The Morgan fingerprint density at radius 3 is 2.64 bits per heavy atom. The molecule has 0 aromatic carbocycles. The molecule has 1 aliphatic rings. The first-order valence-corrected chi connectivity index (χ1v) is 4.47. The van der Waals surface area contributed by atoms with Crippen LogP contribution in [-0.4, -0.2) is 30.3 Å². The van der Waals surface area contributed by atoms with E-state index in [1.807, 2.05) is 0 Å². The van der Waals surface area contributed by atoms with Gasteiger partial charge in [0, 0.05) is 6.42 Å². The molecule has 1 aliphatic heterocycles. The highest BCUT2D eigenvalue weighted by Crippen LogP contribution is 2.18. The highest BCUT2D eigenvalue weighted by molar-refractivity contribution is 4.72. The maximum absolute atomic E-state index is 6.07. The second kappa shape index (κ2) is 3.09. The lowest BCUT2D eigenvalue weighted by Gasteiger charge is -2.40. The summed E-state index contributed by atoms with van der Waals surface area (Å²) in [5, 5.41) is 0. The minimum Gasteiger partial charge on any atom is -0.323 e. The summed E-state index contributed by atoms with van der Waals surface area (Å²) in [5.41, 5.74) is 5.93. The van der Waals surface area contributed by atoms with E-state index in [4.69, 9.17) is 11.6 Å². The zero-order chi connectivity index (χ0) is 8.48. The number of piperidine rings is 1. The van der Waals surface area contributed by atoms with E-state index in [0.717, 1.165) is 19.6 Å². The molecule has 0 spiro atoms. The number of nitrogens with two attached hydrogens (primary N) is 2. The third-order valence-corrected chi connectivity index (χ3v) is 2.96. The van der Waals surface area contributed by atoms with E-state index in [9.17, 15) is 0 Å². The Morgan fingerprint density at radius 2 is 2.18 bits per heavy atom. The van der Waals surface area contributed by atoms with Crippen LogP contribution in [0.1, 0.15) is 20.3 Å². The second-order valence-electron chi connectivity index (χ2n) is 3.87. The van der Waals surface area contributed by atoms with Crippen molar-refractivity contribution in [3.8, 4) is 0 Å². The molecule has 3 unspecified atom stereocenters. The Morgan fingerprint density at radius 1 is 1.55 bits per heavy atom. The summed E-state index contributed by atoms with van der Waals surface area (Å²) in [6.07, 6.45) is 1.17. The first kappa shape index (κ1) is 8.97. The van der Waals surface area contributed by atoms with Crippen molar-refractivity contribution in [2.45, 2.75) is 26.3 Å². The highest BCUT2D eigenvalue weighted by atomic mass is 15.6. The summed E-state index contributed by atoms with van der Waals surface area (Å²) in [7, 11) is 0. The summed E-state index contributed by atoms with van der Waals surface area (Å²) in [4.78, 5) is 0. The van der Waals surface area contributed by atoms with Gasteiger partial charge in [0.15, 0.2) is 0 Å². The predicted octanol–water partition coefficient (Wildman–Crippen LogP) is 0.0639. The maximum Gasteiger partial charge on any atom is 0.112 e. The summed E-state index contributed by atoms with van der Waals surface area (Å²) >= 11 is 0. The molecule has 1 saturated heterocycles. The Balaban J connectivity index is 2.51. The summed E-state index contributed by atoms with van der Waals surface area (Å²) in [6.45, 7) is 7.37. The molecule has 0 aromatic rings. The van der Waals surface area contributed by atoms with Gasteiger partial charge in [-0.05, 0) is 12.8 Å². The van der Waals surface area contributed by atoms with Crippen molar-refractivity contribution in [3.05, 3.63) is 0 Å². The number of hydrogen-bond acceptors (Lipinski definition) is 2. The van der Waals surface area contributed by atoms with Crippen LogP contribution < -0.4 is 11.6 Å². The number of nitrogens with zero attached hydrogens (tertiary/aromatic N) is 1. The molecule has 0 aliphatic carbocycles. The molecule has 3 nitrogen and oxygen atoms in total. The molecule has 66 valence electrons. The predicted molar refractivity (Wildman–Crippen MR) is 46.5 cm³/mol. The molecule has 0 radical (unpaired) electrons. The normalized spacial score (nSPS) is 45.8. The molecule has 0 aromatic heterocycles. The molecule has 4 N–H and O–H groups in total. The van der Waals surface area contributed by atoms with Gasteiger partial charge in [0.2, 0.25) is 0 Å². The van der Waals surface area contributed by atoms with Crippen LogP contribution in [0.2, 0.25) is 0 Å². The molecular formula is C8H20N3+. The number of hydrogen-bond donors (Lipinski definition) is 2. The number of rotatable bonds is 1. The summed E-state index contributed by atoms with van der Waals surface area (Å²) in [5.74, 6) is 6.72. The molecule has 0 amide bonds. The van der Waals surface area contributed by atoms with Crippen LogP contribution in [-0.2, 0) is 0 Å². The van der Waals surface area contributed by atoms with Gasteiger partial charge in [-0.3, -0.25) is 0 Å². The van der Waals surface area contributed by atoms with Gasteiger partial charge in [-0.1, -0.05) is 6.92 Å². The van der Waals surface area contributed by atoms with Crippen molar-refractivity contribution < 1.29 is 4.59 Å². The van der Waals surface area contributed by atoms with Crippen LogP contribution in [0, 0.1) is 5.92 Å². The minimum atomic E-state index is 0.300. The zero-order valence-electron chi connectivity index (χ0n) is 7.59. The largest absolute Gasteiger partial charge is 0.323 e. The molecule has 0 bridgehead atoms. The SMILES string of the molecule is CC[N+]1(N)CCC(C)C(N)C1. The minimum absolute atomic E-state index is 0.300. The molecular weight excluding hydrogens is 138 g/mol. The van der Waals surface area contributed by atoms with Gasteiger partial charge < -0.3 is 5.73 Å². The third-order valence-electron chi connectivity index (χ3n) is 2.96. The van der Waals surface area contributed by atoms with Crippen LogP contribution in [0.5, 0.6) is 0 Å². The first-order valence-electron chi connectivity index (χ1n) is 4.47. The fourth-order valence-corrected chi connectivity index (χ4v) is 1.65. The van der Waals surface area contributed by atoms with Crippen molar-refractivity contribution in [2.75, 3.05) is 19.6 Å². The van der Waals surface area contributed by atoms with Gasteiger partial charge in [-0.2, -0.15) is 5.84 Å². The third kappa shape index (κ3) is 1.92. The van der Waals surface area contributed by atoms with E-state index in [1.54, 1.807) is 0 Å². The lowest BCUT2D eigenvalue weighted by Crippen LogP contribution is -2.64.